The number of ketones is 1. The highest BCUT2D eigenvalue weighted by Crippen LogP contribution is 2.24. The number of aryl methyl sites for hydroxylation is 1. The number of para-hydroxylation sites is 1. The monoisotopic (exact) mass is 342 g/mol. The van der Waals surface area contributed by atoms with Crippen LogP contribution in [-0.2, 0) is 14.3 Å². The molecule has 1 atom stereocenters. The first-order valence-corrected chi connectivity index (χ1v) is 8.60. The molecule has 6 nitrogen and oxygen atoms in total. The number of aromatic nitrogens is 1. The summed E-state index contributed by atoms with van der Waals surface area (Å²) >= 11 is 0. The van der Waals surface area contributed by atoms with E-state index in [4.69, 9.17) is 4.74 Å². The van der Waals surface area contributed by atoms with E-state index < -0.39 is 11.7 Å². The Morgan fingerprint density at radius 1 is 1.28 bits per heavy atom. The highest BCUT2D eigenvalue weighted by atomic mass is 16.5. The van der Waals surface area contributed by atoms with Crippen molar-refractivity contribution in [3.63, 3.8) is 0 Å². The molecule has 1 amide bonds. The summed E-state index contributed by atoms with van der Waals surface area (Å²) in [5.74, 6) is -1.73. The van der Waals surface area contributed by atoms with Crippen molar-refractivity contribution in [1.29, 1.82) is 0 Å². The molecule has 1 aliphatic rings. The summed E-state index contributed by atoms with van der Waals surface area (Å²) in [6.07, 6.45) is 1.37. The molecule has 0 aliphatic carbocycles. The summed E-state index contributed by atoms with van der Waals surface area (Å²) in [5, 5.41) is 0.748. The third kappa shape index (κ3) is 3.29. The van der Waals surface area contributed by atoms with Crippen molar-refractivity contribution in [3.8, 4) is 0 Å². The number of amides is 1. The van der Waals surface area contributed by atoms with Crippen LogP contribution in [0.15, 0.2) is 24.3 Å². The van der Waals surface area contributed by atoms with Crippen LogP contribution in [-0.4, -0.2) is 47.2 Å². The van der Waals surface area contributed by atoms with Gasteiger partial charge in [-0.1, -0.05) is 18.2 Å². The minimum Gasteiger partial charge on any atom is -0.466 e. The molecular weight excluding hydrogens is 320 g/mol. The molecule has 2 aromatic rings. The van der Waals surface area contributed by atoms with Gasteiger partial charge in [0.15, 0.2) is 0 Å². The zero-order valence-corrected chi connectivity index (χ0v) is 14.5. The van der Waals surface area contributed by atoms with Crippen LogP contribution < -0.4 is 0 Å². The van der Waals surface area contributed by atoms with E-state index in [-0.39, 0.29) is 18.4 Å². The van der Waals surface area contributed by atoms with E-state index >= 15 is 0 Å². The van der Waals surface area contributed by atoms with Gasteiger partial charge in [-0.2, -0.15) is 0 Å². The Morgan fingerprint density at radius 2 is 2.04 bits per heavy atom. The second kappa shape index (κ2) is 7.09. The highest BCUT2D eigenvalue weighted by molar-refractivity contribution is 6.45. The second-order valence-electron chi connectivity index (χ2n) is 6.34. The number of rotatable bonds is 4. The van der Waals surface area contributed by atoms with Gasteiger partial charge in [0, 0.05) is 29.7 Å². The Bertz CT molecular complexity index is 824. The van der Waals surface area contributed by atoms with Gasteiger partial charge in [-0.3, -0.25) is 14.4 Å². The number of esters is 1. The Balaban J connectivity index is 1.81. The van der Waals surface area contributed by atoms with Crippen LogP contribution in [0.4, 0.5) is 0 Å². The van der Waals surface area contributed by atoms with Gasteiger partial charge in [-0.15, -0.1) is 0 Å². The molecule has 132 valence electrons. The van der Waals surface area contributed by atoms with Gasteiger partial charge in [0.05, 0.1) is 18.1 Å². The molecular formula is C19H22N2O4. The van der Waals surface area contributed by atoms with Crippen LogP contribution in [0.1, 0.15) is 35.8 Å². The average Bonchev–Trinajstić information content (AvgIpc) is 2.96. The minimum absolute atomic E-state index is 0.241. The second-order valence-corrected chi connectivity index (χ2v) is 6.34. The number of H-pyrrole nitrogens is 1. The molecule has 2 heterocycles. The fraction of sp³-hybridized carbons (Fsp3) is 0.421. The first-order valence-electron chi connectivity index (χ1n) is 8.60. The van der Waals surface area contributed by atoms with E-state index in [9.17, 15) is 14.4 Å². The predicted octanol–water partition coefficient (Wildman–Crippen LogP) is 2.46. The molecule has 0 saturated carbocycles. The topological polar surface area (TPSA) is 79.5 Å². The summed E-state index contributed by atoms with van der Waals surface area (Å²) in [6, 6.07) is 7.43. The number of benzene rings is 1. The number of Topliss-reactive ketones (excluding diaryl/α,β-unsaturated/α-hetero) is 1. The fourth-order valence-electron chi connectivity index (χ4n) is 3.43. The number of hydrogen-bond acceptors (Lipinski definition) is 4. The molecule has 0 radical (unpaired) electrons. The lowest BCUT2D eigenvalue weighted by Gasteiger charge is -2.31. The average molecular weight is 342 g/mol. The van der Waals surface area contributed by atoms with Crippen molar-refractivity contribution < 1.29 is 19.1 Å². The van der Waals surface area contributed by atoms with Crippen LogP contribution in [0.5, 0.6) is 0 Å². The van der Waals surface area contributed by atoms with Crippen molar-refractivity contribution in [1.82, 2.24) is 9.88 Å². The molecule has 0 spiro atoms. The van der Waals surface area contributed by atoms with E-state index in [0.717, 1.165) is 10.9 Å². The number of aromatic amines is 1. The van der Waals surface area contributed by atoms with Crippen LogP contribution >= 0.6 is 0 Å². The Kier molecular flexibility index (Phi) is 4.88. The Hall–Kier alpha value is -2.63. The first kappa shape index (κ1) is 17.2. The SMILES string of the molecule is CCOC(=O)[C@@H]1CCCN(C(=O)C(=O)c2c(C)[nH]c3ccccc23)C1. The standard InChI is InChI=1S/C19H22N2O4/c1-3-25-19(24)13-7-6-10-21(11-13)18(23)17(22)16-12(2)20-15-9-5-4-8-14(15)16/h4-5,8-9,13,20H,3,6-7,10-11H2,1-2H3/t13-/m1/s1. The maximum absolute atomic E-state index is 12.8. The number of nitrogens with one attached hydrogen (secondary N) is 1. The number of ether oxygens (including phenoxy) is 1. The Labute approximate surface area is 146 Å². The summed E-state index contributed by atoms with van der Waals surface area (Å²) < 4.78 is 5.05. The van der Waals surface area contributed by atoms with Crippen molar-refractivity contribution in [2.45, 2.75) is 26.7 Å². The number of piperidine rings is 1. The Morgan fingerprint density at radius 3 is 2.80 bits per heavy atom. The number of hydrogen-bond donors (Lipinski definition) is 1. The van der Waals surface area contributed by atoms with Gasteiger partial charge in [0.25, 0.3) is 11.7 Å². The van der Waals surface area contributed by atoms with Crippen LogP contribution in [0.3, 0.4) is 0 Å². The van der Waals surface area contributed by atoms with Crippen LogP contribution in [0.2, 0.25) is 0 Å². The fourth-order valence-corrected chi connectivity index (χ4v) is 3.43. The normalized spacial score (nSPS) is 17.5. The van der Waals surface area contributed by atoms with Gasteiger partial charge in [-0.25, -0.2) is 0 Å². The van der Waals surface area contributed by atoms with Gasteiger partial charge >= 0.3 is 5.97 Å². The molecule has 0 unspecified atom stereocenters. The van der Waals surface area contributed by atoms with Gasteiger partial charge in [0.1, 0.15) is 0 Å². The summed E-state index contributed by atoms with van der Waals surface area (Å²) in [7, 11) is 0. The number of carbonyl (C=O) groups excluding carboxylic acids is 3. The van der Waals surface area contributed by atoms with Crippen LogP contribution in [0, 0.1) is 12.8 Å². The lowest BCUT2D eigenvalue weighted by molar-refractivity contribution is -0.150. The third-order valence-electron chi connectivity index (χ3n) is 4.64. The van der Waals surface area contributed by atoms with E-state index in [1.54, 1.807) is 13.8 Å². The third-order valence-corrected chi connectivity index (χ3v) is 4.64. The minimum atomic E-state index is -0.554. The van der Waals surface area contributed by atoms with Crippen molar-refractivity contribution in [2.75, 3.05) is 19.7 Å². The zero-order valence-electron chi connectivity index (χ0n) is 14.5. The lowest BCUT2D eigenvalue weighted by Crippen LogP contribution is -2.45. The summed E-state index contributed by atoms with van der Waals surface area (Å²) in [6.45, 7) is 4.59. The molecule has 25 heavy (non-hydrogen) atoms. The van der Waals surface area contributed by atoms with E-state index in [2.05, 4.69) is 4.98 Å². The van der Waals surface area contributed by atoms with E-state index in [1.807, 2.05) is 24.3 Å². The molecule has 6 heteroatoms. The number of likely N-dealkylation sites (tertiary alicyclic amines) is 1. The summed E-state index contributed by atoms with van der Waals surface area (Å²) in [5.41, 5.74) is 1.93. The van der Waals surface area contributed by atoms with Gasteiger partial charge in [0.2, 0.25) is 0 Å². The lowest BCUT2D eigenvalue weighted by atomic mass is 9.97. The zero-order chi connectivity index (χ0) is 18.0. The molecule has 1 aromatic heterocycles. The largest absolute Gasteiger partial charge is 0.466 e. The molecule has 1 fully saturated rings. The van der Waals surface area contributed by atoms with E-state index in [1.165, 1.54) is 4.90 Å². The molecule has 0 bridgehead atoms. The molecule has 1 saturated heterocycles. The van der Waals surface area contributed by atoms with Crippen molar-refractivity contribution in [2.24, 2.45) is 5.92 Å². The van der Waals surface area contributed by atoms with Gasteiger partial charge < -0.3 is 14.6 Å². The maximum Gasteiger partial charge on any atom is 0.310 e. The first-order chi connectivity index (χ1) is 12.0. The van der Waals surface area contributed by atoms with E-state index in [0.29, 0.717) is 37.3 Å². The molecule has 1 N–H and O–H groups in total. The highest BCUT2D eigenvalue weighted by Gasteiger charge is 2.33. The predicted molar refractivity (Wildman–Crippen MR) is 93.3 cm³/mol. The number of carbonyl (C=O) groups is 3. The van der Waals surface area contributed by atoms with Gasteiger partial charge in [-0.05, 0) is 32.8 Å². The molecule has 1 aliphatic heterocycles. The number of nitrogens with zero attached hydrogens (tertiary/aromatic N) is 1. The molecule has 1 aromatic carbocycles. The number of fused-ring (bicyclic) bond motifs is 1. The van der Waals surface area contributed by atoms with Crippen molar-refractivity contribution >= 4 is 28.6 Å². The maximum atomic E-state index is 12.8. The summed E-state index contributed by atoms with van der Waals surface area (Å²) in [4.78, 5) is 42.1. The van der Waals surface area contributed by atoms with Crippen molar-refractivity contribution in [3.05, 3.63) is 35.5 Å². The molecule has 3 rings (SSSR count). The van der Waals surface area contributed by atoms with Crippen LogP contribution in [0.25, 0.3) is 10.9 Å². The quantitative estimate of drug-likeness (QED) is 0.526. The smallest absolute Gasteiger partial charge is 0.310 e.